The predicted molar refractivity (Wildman–Crippen MR) is 106 cm³/mol. The summed E-state index contributed by atoms with van der Waals surface area (Å²) in [6.07, 6.45) is 2.66. The number of fused-ring (bicyclic) bond motifs is 3. The van der Waals surface area contributed by atoms with E-state index in [2.05, 4.69) is 4.98 Å². The lowest BCUT2D eigenvalue weighted by molar-refractivity contribution is -0.136. The summed E-state index contributed by atoms with van der Waals surface area (Å²) in [5.74, 6) is -0.435. The SMILES string of the molecule is CCOC(=O)C1=CN(C(=O)Cc2cccs2)CCc2c1[nH]c1ccccc21. The van der Waals surface area contributed by atoms with Gasteiger partial charge in [-0.15, -0.1) is 11.3 Å². The van der Waals surface area contributed by atoms with Crippen molar-refractivity contribution in [2.45, 2.75) is 19.8 Å². The van der Waals surface area contributed by atoms with Gasteiger partial charge in [0, 0.05) is 28.5 Å². The maximum absolute atomic E-state index is 12.8. The number of aromatic nitrogens is 1. The summed E-state index contributed by atoms with van der Waals surface area (Å²) in [6, 6.07) is 11.9. The molecule has 6 heteroatoms. The van der Waals surface area contributed by atoms with Crippen LogP contribution < -0.4 is 0 Å². The molecule has 3 aromatic rings. The lowest BCUT2D eigenvalue weighted by Gasteiger charge is -2.17. The molecule has 0 saturated carbocycles. The third-order valence-corrected chi connectivity index (χ3v) is 5.57. The van der Waals surface area contributed by atoms with Crippen molar-refractivity contribution in [1.82, 2.24) is 9.88 Å². The van der Waals surface area contributed by atoms with Gasteiger partial charge in [-0.1, -0.05) is 24.3 Å². The number of esters is 1. The number of nitrogens with zero attached hydrogens (tertiary/aromatic N) is 1. The Bertz CT molecular complexity index is 1020. The molecule has 0 unspecified atom stereocenters. The molecule has 0 spiro atoms. The number of benzene rings is 1. The lowest BCUT2D eigenvalue weighted by Crippen LogP contribution is -2.29. The van der Waals surface area contributed by atoms with Crippen LogP contribution in [0, 0.1) is 0 Å². The fourth-order valence-corrected chi connectivity index (χ4v) is 4.13. The van der Waals surface area contributed by atoms with Crippen LogP contribution in [-0.2, 0) is 27.2 Å². The van der Waals surface area contributed by atoms with Gasteiger partial charge in [0.1, 0.15) is 0 Å². The normalized spacial score (nSPS) is 13.8. The largest absolute Gasteiger partial charge is 0.462 e. The molecule has 0 fully saturated rings. The zero-order valence-electron chi connectivity index (χ0n) is 15.0. The highest BCUT2D eigenvalue weighted by Gasteiger charge is 2.27. The van der Waals surface area contributed by atoms with Crippen LogP contribution >= 0.6 is 11.3 Å². The molecule has 0 atom stereocenters. The van der Waals surface area contributed by atoms with Crippen molar-refractivity contribution >= 4 is 39.7 Å². The summed E-state index contributed by atoms with van der Waals surface area (Å²) in [7, 11) is 0. The van der Waals surface area contributed by atoms with Crippen LogP contribution in [0.25, 0.3) is 16.5 Å². The van der Waals surface area contributed by atoms with Gasteiger partial charge in [0.05, 0.1) is 24.3 Å². The first-order valence-electron chi connectivity index (χ1n) is 8.98. The molecule has 0 saturated heterocycles. The van der Waals surface area contributed by atoms with Gasteiger partial charge < -0.3 is 14.6 Å². The van der Waals surface area contributed by atoms with Crippen molar-refractivity contribution in [2.24, 2.45) is 0 Å². The number of hydrogen-bond donors (Lipinski definition) is 1. The topological polar surface area (TPSA) is 62.4 Å². The Morgan fingerprint density at radius 3 is 2.85 bits per heavy atom. The second-order valence-electron chi connectivity index (χ2n) is 6.38. The molecule has 0 radical (unpaired) electrons. The Balaban J connectivity index is 1.73. The number of thiophene rings is 1. The molecule has 1 aromatic carbocycles. The summed E-state index contributed by atoms with van der Waals surface area (Å²) >= 11 is 1.56. The van der Waals surface area contributed by atoms with Gasteiger partial charge in [0.15, 0.2) is 0 Å². The standard InChI is InChI=1S/C21H20N2O3S/c1-2-26-21(25)17-13-23(19(24)12-14-6-5-11-27-14)10-9-16-15-7-3-4-8-18(15)22-20(16)17/h3-8,11,13,22H,2,9-10,12H2,1H3. The molecule has 2 aromatic heterocycles. The number of hydrogen-bond acceptors (Lipinski definition) is 4. The summed E-state index contributed by atoms with van der Waals surface area (Å²) in [5.41, 5.74) is 3.19. The van der Waals surface area contributed by atoms with Crippen molar-refractivity contribution in [3.05, 3.63) is 64.1 Å². The first-order chi connectivity index (χ1) is 13.2. The van der Waals surface area contributed by atoms with E-state index in [0.29, 0.717) is 25.0 Å². The monoisotopic (exact) mass is 380 g/mol. The highest BCUT2D eigenvalue weighted by atomic mass is 32.1. The van der Waals surface area contributed by atoms with E-state index in [0.717, 1.165) is 27.0 Å². The minimum Gasteiger partial charge on any atom is -0.462 e. The molecule has 27 heavy (non-hydrogen) atoms. The number of ether oxygens (including phenoxy) is 1. The van der Waals surface area contributed by atoms with Gasteiger partial charge in [0.2, 0.25) is 5.91 Å². The van der Waals surface area contributed by atoms with Crippen LogP contribution in [-0.4, -0.2) is 34.9 Å². The molecule has 4 rings (SSSR count). The zero-order chi connectivity index (χ0) is 18.8. The summed E-state index contributed by atoms with van der Waals surface area (Å²) < 4.78 is 5.26. The van der Waals surface area contributed by atoms with Crippen LogP contribution in [0.5, 0.6) is 0 Å². The maximum atomic E-state index is 12.8. The van der Waals surface area contributed by atoms with Crippen LogP contribution in [0.1, 0.15) is 23.1 Å². The number of rotatable bonds is 4. The smallest absolute Gasteiger partial charge is 0.341 e. The van der Waals surface area contributed by atoms with E-state index in [1.807, 2.05) is 41.8 Å². The average Bonchev–Trinajstić information content (AvgIpc) is 3.25. The zero-order valence-corrected chi connectivity index (χ0v) is 15.8. The number of carbonyl (C=O) groups is 2. The molecule has 1 amide bonds. The van der Waals surface area contributed by atoms with E-state index in [9.17, 15) is 9.59 Å². The van der Waals surface area contributed by atoms with Gasteiger partial charge in [-0.3, -0.25) is 4.79 Å². The number of amides is 1. The van der Waals surface area contributed by atoms with Gasteiger partial charge >= 0.3 is 5.97 Å². The number of para-hydroxylation sites is 1. The van der Waals surface area contributed by atoms with Crippen LogP contribution in [0.3, 0.4) is 0 Å². The Labute approximate surface area is 161 Å². The molecular formula is C21H20N2O3S. The molecule has 5 nitrogen and oxygen atoms in total. The summed E-state index contributed by atoms with van der Waals surface area (Å²) in [6.45, 7) is 2.60. The van der Waals surface area contributed by atoms with Gasteiger partial charge in [-0.25, -0.2) is 4.79 Å². The van der Waals surface area contributed by atoms with Crippen molar-refractivity contribution < 1.29 is 14.3 Å². The third-order valence-electron chi connectivity index (χ3n) is 4.69. The van der Waals surface area contributed by atoms with E-state index in [1.165, 1.54) is 0 Å². The quantitative estimate of drug-likeness (QED) is 0.701. The average molecular weight is 380 g/mol. The van der Waals surface area contributed by atoms with E-state index >= 15 is 0 Å². The fourth-order valence-electron chi connectivity index (χ4n) is 3.43. The van der Waals surface area contributed by atoms with Crippen LogP contribution in [0.15, 0.2) is 48.0 Å². The first-order valence-corrected chi connectivity index (χ1v) is 9.86. The van der Waals surface area contributed by atoms with E-state index in [4.69, 9.17) is 4.74 Å². The molecule has 1 aliphatic rings. The van der Waals surface area contributed by atoms with Crippen molar-refractivity contribution in [2.75, 3.05) is 13.2 Å². The molecule has 0 aliphatic carbocycles. The van der Waals surface area contributed by atoms with Crippen molar-refractivity contribution in [1.29, 1.82) is 0 Å². The second kappa shape index (κ2) is 7.40. The Hall–Kier alpha value is -2.86. The highest BCUT2D eigenvalue weighted by molar-refractivity contribution is 7.10. The Morgan fingerprint density at radius 1 is 1.22 bits per heavy atom. The fraction of sp³-hybridized carbons (Fsp3) is 0.238. The van der Waals surface area contributed by atoms with E-state index in [-0.39, 0.29) is 12.5 Å². The maximum Gasteiger partial charge on any atom is 0.341 e. The minimum atomic E-state index is -0.416. The Kier molecular flexibility index (Phi) is 4.81. The second-order valence-corrected chi connectivity index (χ2v) is 7.41. The number of nitrogens with one attached hydrogen (secondary N) is 1. The third kappa shape index (κ3) is 3.40. The van der Waals surface area contributed by atoms with Crippen LogP contribution in [0.4, 0.5) is 0 Å². The molecule has 0 bridgehead atoms. The number of carbonyl (C=O) groups excluding carboxylic acids is 2. The summed E-state index contributed by atoms with van der Waals surface area (Å²) in [4.78, 5) is 31.4. The number of aromatic amines is 1. The van der Waals surface area contributed by atoms with Gasteiger partial charge in [0.25, 0.3) is 0 Å². The minimum absolute atomic E-state index is 0.0197. The molecular weight excluding hydrogens is 360 g/mol. The van der Waals surface area contributed by atoms with E-state index in [1.54, 1.807) is 29.4 Å². The van der Waals surface area contributed by atoms with Crippen molar-refractivity contribution in [3.63, 3.8) is 0 Å². The molecule has 1 N–H and O–H groups in total. The van der Waals surface area contributed by atoms with E-state index < -0.39 is 5.97 Å². The van der Waals surface area contributed by atoms with Gasteiger partial charge in [-0.05, 0) is 36.4 Å². The molecule has 1 aliphatic heterocycles. The summed E-state index contributed by atoms with van der Waals surface area (Å²) in [5, 5.41) is 3.04. The van der Waals surface area contributed by atoms with Crippen LogP contribution in [0.2, 0.25) is 0 Å². The highest BCUT2D eigenvalue weighted by Crippen LogP contribution is 2.31. The number of H-pyrrole nitrogens is 1. The first kappa shape index (κ1) is 17.5. The molecule has 3 heterocycles. The predicted octanol–water partition coefficient (Wildman–Crippen LogP) is 3.76. The van der Waals surface area contributed by atoms with Gasteiger partial charge in [-0.2, -0.15) is 0 Å². The molecule has 138 valence electrons. The lowest BCUT2D eigenvalue weighted by atomic mass is 10.0. The van der Waals surface area contributed by atoms with Crippen molar-refractivity contribution in [3.8, 4) is 0 Å². The Morgan fingerprint density at radius 2 is 2.07 bits per heavy atom.